The molecule has 1 aliphatic carbocycles. The van der Waals surface area contributed by atoms with Gasteiger partial charge in [-0.2, -0.15) is 0 Å². The van der Waals surface area contributed by atoms with E-state index < -0.39 is 28.4 Å². The number of esters is 1. The molecule has 2 aliphatic rings. The number of sulfonamides is 1. The van der Waals surface area contributed by atoms with Crippen LogP contribution in [0.3, 0.4) is 0 Å². The van der Waals surface area contributed by atoms with Gasteiger partial charge in [0.15, 0.2) is 11.5 Å². The Bertz CT molecular complexity index is 1160. The van der Waals surface area contributed by atoms with Crippen molar-refractivity contribution in [3.05, 3.63) is 34.2 Å². The van der Waals surface area contributed by atoms with Gasteiger partial charge in [0.2, 0.25) is 22.7 Å². The summed E-state index contributed by atoms with van der Waals surface area (Å²) in [4.78, 5) is 26.4. The molecule has 1 amide bonds. The minimum absolute atomic E-state index is 0.0547. The molecule has 2 heterocycles. The first-order chi connectivity index (χ1) is 15.3. The van der Waals surface area contributed by atoms with Crippen LogP contribution < -0.4 is 19.1 Å². The van der Waals surface area contributed by atoms with E-state index in [-0.39, 0.29) is 12.5 Å². The number of nitrogens with one attached hydrogen (secondary N) is 1. The van der Waals surface area contributed by atoms with E-state index >= 15 is 0 Å². The van der Waals surface area contributed by atoms with Crippen LogP contribution in [0.15, 0.2) is 18.2 Å². The predicted octanol–water partition coefficient (Wildman–Crippen LogP) is 2.94. The lowest BCUT2D eigenvalue weighted by Gasteiger charge is -2.23. The Labute approximate surface area is 190 Å². The van der Waals surface area contributed by atoms with Crippen LogP contribution in [0.4, 0.5) is 10.7 Å². The highest BCUT2D eigenvalue weighted by atomic mass is 32.2. The van der Waals surface area contributed by atoms with Crippen molar-refractivity contribution in [2.24, 2.45) is 0 Å². The Hall–Kier alpha value is -2.79. The van der Waals surface area contributed by atoms with Crippen molar-refractivity contribution in [2.45, 2.75) is 32.6 Å². The first-order valence-corrected chi connectivity index (χ1v) is 12.7. The van der Waals surface area contributed by atoms with E-state index in [9.17, 15) is 18.0 Å². The quantitative estimate of drug-likeness (QED) is 0.607. The highest BCUT2D eigenvalue weighted by Crippen LogP contribution is 2.39. The molecule has 32 heavy (non-hydrogen) atoms. The van der Waals surface area contributed by atoms with Gasteiger partial charge in [-0.15, -0.1) is 11.3 Å². The first kappa shape index (κ1) is 22.4. The number of amides is 1. The summed E-state index contributed by atoms with van der Waals surface area (Å²) in [5.41, 5.74) is 1.58. The summed E-state index contributed by atoms with van der Waals surface area (Å²) >= 11 is 1.35. The zero-order chi connectivity index (χ0) is 22.9. The van der Waals surface area contributed by atoms with E-state index in [2.05, 4.69) is 5.32 Å². The number of rotatable bonds is 7. The molecule has 0 bridgehead atoms. The van der Waals surface area contributed by atoms with Crippen LogP contribution in [-0.2, 0) is 32.4 Å². The van der Waals surface area contributed by atoms with Gasteiger partial charge >= 0.3 is 5.97 Å². The number of aryl methyl sites for hydroxylation is 1. The van der Waals surface area contributed by atoms with Crippen LogP contribution in [0.5, 0.6) is 11.5 Å². The van der Waals surface area contributed by atoms with Crippen molar-refractivity contribution in [1.82, 2.24) is 0 Å². The lowest BCUT2D eigenvalue weighted by atomic mass is 9.95. The molecular formula is C21H24N2O7S2. The van der Waals surface area contributed by atoms with E-state index in [1.54, 1.807) is 12.1 Å². The van der Waals surface area contributed by atoms with Gasteiger partial charge in [0.05, 0.1) is 24.1 Å². The van der Waals surface area contributed by atoms with Crippen molar-refractivity contribution >= 4 is 43.9 Å². The molecular weight excluding hydrogens is 456 g/mol. The molecule has 0 unspecified atom stereocenters. The maximum absolute atomic E-state index is 12.9. The van der Waals surface area contributed by atoms with E-state index in [1.165, 1.54) is 31.4 Å². The van der Waals surface area contributed by atoms with Crippen molar-refractivity contribution in [1.29, 1.82) is 0 Å². The van der Waals surface area contributed by atoms with Crippen molar-refractivity contribution in [2.75, 3.05) is 35.8 Å². The Morgan fingerprint density at radius 1 is 1.19 bits per heavy atom. The minimum atomic E-state index is -3.76. The second-order valence-electron chi connectivity index (χ2n) is 7.40. The van der Waals surface area contributed by atoms with Gasteiger partial charge in [-0.05, 0) is 50.3 Å². The number of nitrogens with zero attached hydrogens (tertiary/aromatic N) is 1. The smallest absolute Gasteiger partial charge is 0.341 e. The van der Waals surface area contributed by atoms with Crippen LogP contribution in [0.25, 0.3) is 0 Å². The predicted molar refractivity (Wildman–Crippen MR) is 120 cm³/mol. The third-order valence-electron chi connectivity index (χ3n) is 5.45. The number of benzene rings is 1. The maximum Gasteiger partial charge on any atom is 0.341 e. The molecule has 4 rings (SSSR count). The number of fused-ring (bicyclic) bond motifs is 2. The van der Waals surface area contributed by atoms with E-state index in [0.717, 1.165) is 40.4 Å². The summed E-state index contributed by atoms with van der Waals surface area (Å²) in [6.45, 7) is 1.12. The third kappa shape index (κ3) is 4.26. The number of hydrogen-bond acceptors (Lipinski definition) is 8. The van der Waals surface area contributed by atoms with E-state index in [0.29, 0.717) is 27.8 Å². The number of ether oxygens (including phenoxy) is 3. The summed E-state index contributed by atoms with van der Waals surface area (Å²) in [5, 5.41) is 3.14. The zero-order valence-electron chi connectivity index (χ0n) is 17.8. The molecule has 0 atom stereocenters. The fourth-order valence-electron chi connectivity index (χ4n) is 3.81. The molecule has 1 aliphatic heterocycles. The molecule has 2 aromatic rings. The fraction of sp³-hybridized carbons (Fsp3) is 0.429. The fourth-order valence-corrected chi connectivity index (χ4v) is 6.17. The normalized spacial score (nSPS) is 14.6. The number of anilines is 2. The van der Waals surface area contributed by atoms with E-state index in [1.807, 2.05) is 0 Å². The zero-order valence-corrected chi connectivity index (χ0v) is 19.4. The Kier molecular flexibility index (Phi) is 6.29. The highest BCUT2D eigenvalue weighted by Gasteiger charge is 2.29. The Morgan fingerprint density at radius 3 is 2.69 bits per heavy atom. The second kappa shape index (κ2) is 8.99. The Balaban J connectivity index is 1.61. The van der Waals surface area contributed by atoms with Crippen LogP contribution in [0, 0.1) is 0 Å². The molecule has 0 saturated carbocycles. The number of hydrogen-bond donors (Lipinski definition) is 1. The molecule has 11 heteroatoms. The monoisotopic (exact) mass is 480 g/mol. The Morgan fingerprint density at radius 2 is 1.94 bits per heavy atom. The molecule has 0 fully saturated rings. The summed E-state index contributed by atoms with van der Waals surface area (Å²) in [5.74, 6) is -0.316. The minimum Gasteiger partial charge on any atom is -0.465 e. The van der Waals surface area contributed by atoms with Gasteiger partial charge in [-0.25, -0.2) is 13.2 Å². The number of carbonyl (C=O) groups is 2. The van der Waals surface area contributed by atoms with Crippen molar-refractivity contribution in [3.63, 3.8) is 0 Å². The number of carbonyl (C=O) groups excluding carboxylic acids is 2. The standard InChI is InChI=1S/C21H24N2O7S2/c1-3-32(26,27)23(13-8-9-15-16(10-13)30-12-29-15)11-18(24)22-20-19(21(25)28-2)14-6-4-5-7-17(14)31-20/h8-10H,3-7,11-12H2,1-2H3,(H,22,24). The lowest BCUT2D eigenvalue weighted by Crippen LogP contribution is -2.39. The van der Waals surface area contributed by atoms with Gasteiger partial charge in [-0.1, -0.05) is 0 Å². The van der Waals surface area contributed by atoms with E-state index in [4.69, 9.17) is 14.2 Å². The van der Waals surface area contributed by atoms with Gasteiger partial charge in [-0.3, -0.25) is 9.10 Å². The summed E-state index contributed by atoms with van der Waals surface area (Å²) in [6.07, 6.45) is 3.58. The van der Waals surface area contributed by atoms with Crippen LogP contribution in [0.1, 0.15) is 40.6 Å². The molecule has 0 spiro atoms. The lowest BCUT2D eigenvalue weighted by molar-refractivity contribution is -0.114. The first-order valence-electron chi connectivity index (χ1n) is 10.3. The largest absolute Gasteiger partial charge is 0.465 e. The van der Waals surface area contributed by atoms with Gasteiger partial charge < -0.3 is 19.5 Å². The molecule has 1 N–H and O–H groups in total. The average molecular weight is 481 g/mol. The van der Waals surface area contributed by atoms with Crippen molar-refractivity contribution in [3.8, 4) is 11.5 Å². The van der Waals surface area contributed by atoms with Crippen LogP contribution in [0.2, 0.25) is 0 Å². The highest BCUT2D eigenvalue weighted by molar-refractivity contribution is 7.92. The topological polar surface area (TPSA) is 111 Å². The molecule has 1 aromatic heterocycles. The average Bonchev–Trinajstić information content (AvgIpc) is 3.40. The maximum atomic E-state index is 12.9. The number of methoxy groups -OCH3 is 1. The van der Waals surface area contributed by atoms with Gasteiger partial charge in [0, 0.05) is 10.9 Å². The summed E-state index contributed by atoms with van der Waals surface area (Å²) in [6, 6.07) is 4.71. The van der Waals surface area contributed by atoms with Crippen LogP contribution >= 0.6 is 11.3 Å². The summed E-state index contributed by atoms with van der Waals surface area (Å²) < 4.78 is 42.1. The molecule has 0 saturated heterocycles. The second-order valence-corrected chi connectivity index (χ2v) is 10.7. The summed E-state index contributed by atoms with van der Waals surface area (Å²) in [7, 11) is -2.46. The third-order valence-corrected chi connectivity index (χ3v) is 8.39. The van der Waals surface area contributed by atoms with Gasteiger partial charge in [0.1, 0.15) is 11.5 Å². The molecule has 0 radical (unpaired) electrons. The number of thiophene rings is 1. The van der Waals surface area contributed by atoms with Gasteiger partial charge in [0.25, 0.3) is 0 Å². The van der Waals surface area contributed by atoms with Crippen molar-refractivity contribution < 1.29 is 32.2 Å². The molecule has 172 valence electrons. The molecule has 9 nitrogen and oxygen atoms in total. The molecule has 1 aromatic carbocycles. The van der Waals surface area contributed by atoms with Crippen LogP contribution in [-0.4, -0.2) is 46.5 Å². The SMILES string of the molecule is CCS(=O)(=O)N(CC(=O)Nc1sc2c(c1C(=O)OC)CCCC2)c1ccc2c(c1)OCO2.